The molecule has 2 aliphatic heterocycles. The normalized spacial score (nSPS) is 22.0. The van der Waals surface area contributed by atoms with Crippen molar-refractivity contribution < 1.29 is 0 Å². The van der Waals surface area contributed by atoms with Gasteiger partial charge in [0.25, 0.3) is 0 Å². The predicted molar refractivity (Wildman–Crippen MR) is 76.6 cm³/mol. The zero-order valence-corrected chi connectivity index (χ0v) is 11.6. The molecule has 1 aromatic carbocycles. The molecule has 0 aromatic heterocycles. The Balaban J connectivity index is 1.66. The van der Waals surface area contributed by atoms with Crippen molar-refractivity contribution in [3.63, 3.8) is 0 Å². The summed E-state index contributed by atoms with van der Waals surface area (Å²) in [5.41, 5.74) is 2.51. The molecule has 4 heteroatoms. The second-order valence-corrected chi connectivity index (χ2v) is 5.63. The van der Waals surface area contributed by atoms with Crippen LogP contribution in [0.15, 0.2) is 18.2 Å². The van der Waals surface area contributed by atoms with Crippen molar-refractivity contribution in [2.75, 3.05) is 44.2 Å². The minimum Gasteiger partial charge on any atom is -0.369 e. The topological polar surface area (TPSA) is 18.5 Å². The number of nitrogens with zero attached hydrogens (tertiary/aromatic N) is 2. The number of hydrogen-bond acceptors (Lipinski definition) is 3. The Bertz CT molecular complexity index is 423. The van der Waals surface area contributed by atoms with Crippen LogP contribution in [-0.2, 0) is 0 Å². The molecule has 0 spiro atoms. The standard InChI is InChI=1S/C14H20ClN3/c1-11-13(15)3-2-4-14(11)18-7-5-17(6-8-18)12-9-16-10-12/h2-4,12,16H,5-10H2,1H3. The first-order chi connectivity index (χ1) is 8.75. The fourth-order valence-corrected chi connectivity index (χ4v) is 2.97. The molecule has 98 valence electrons. The minimum atomic E-state index is 0.771. The molecule has 2 aliphatic rings. The number of rotatable bonds is 2. The van der Waals surface area contributed by atoms with E-state index in [0.717, 1.165) is 50.3 Å². The average Bonchev–Trinajstić information content (AvgIpc) is 2.32. The Morgan fingerprint density at radius 3 is 2.50 bits per heavy atom. The number of piperazine rings is 1. The molecule has 0 saturated carbocycles. The summed E-state index contributed by atoms with van der Waals surface area (Å²) in [7, 11) is 0. The van der Waals surface area contributed by atoms with Crippen molar-refractivity contribution >= 4 is 17.3 Å². The highest BCUT2D eigenvalue weighted by molar-refractivity contribution is 6.31. The summed E-state index contributed by atoms with van der Waals surface area (Å²) in [6.45, 7) is 8.98. The van der Waals surface area contributed by atoms with E-state index in [0.29, 0.717) is 0 Å². The molecule has 18 heavy (non-hydrogen) atoms. The van der Waals surface area contributed by atoms with Gasteiger partial charge in [-0.1, -0.05) is 17.7 Å². The molecule has 1 aromatic rings. The van der Waals surface area contributed by atoms with Crippen LogP contribution in [0.25, 0.3) is 0 Å². The highest BCUT2D eigenvalue weighted by atomic mass is 35.5. The van der Waals surface area contributed by atoms with Crippen molar-refractivity contribution in [1.29, 1.82) is 0 Å². The summed E-state index contributed by atoms with van der Waals surface area (Å²) in [6, 6.07) is 6.97. The summed E-state index contributed by atoms with van der Waals surface area (Å²) < 4.78 is 0. The Morgan fingerprint density at radius 2 is 1.89 bits per heavy atom. The van der Waals surface area contributed by atoms with E-state index in [1.807, 2.05) is 12.1 Å². The third kappa shape index (κ3) is 2.22. The van der Waals surface area contributed by atoms with Gasteiger partial charge in [-0.05, 0) is 24.6 Å². The molecule has 0 amide bonds. The van der Waals surface area contributed by atoms with E-state index >= 15 is 0 Å². The molecule has 3 nitrogen and oxygen atoms in total. The first-order valence-electron chi connectivity index (χ1n) is 6.70. The highest BCUT2D eigenvalue weighted by Crippen LogP contribution is 2.27. The molecule has 0 unspecified atom stereocenters. The number of benzene rings is 1. The average molecular weight is 266 g/mol. The van der Waals surface area contributed by atoms with E-state index < -0.39 is 0 Å². The number of halogens is 1. The monoisotopic (exact) mass is 265 g/mol. The van der Waals surface area contributed by atoms with Crippen molar-refractivity contribution in [1.82, 2.24) is 10.2 Å². The van der Waals surface area contributed by atoms with Crippen LogP contribution in [0.1, 0.15) is 5.56 Å². The third-order valence-corrected chi connectivity index (χ3v) is 4.58. The molecule has 0 radical (unpaired) electrons. The van der Waals surface area contributed by atoms with Gasteiger partial charge in [0, 0.05) is 56.0 Å². The van der Waals surface area contributed by atoms with E-state index in [1.54, 1.807) is 0 Å². The van der Waals surface area contributed by atoms with Gasteiger partial charge >= 0.3 is 0 Å². The van der Waals surface area contributed by atoms with E-state index in [-0.39, 0.29) is 0 Å². The van der Waals surface area contributed by atoms with Gasteiger partial charge in [-0.2, -0.15) is 0 Å². The molecule has 2 fully saturated rings. The Hall–Kier alpha value is -0.770. The highest BCUT2D eigenvalue weighted by Gasteiger charge is 2.28. The molecule has 0 bridgehead atoms. The van der Waals surface area contributed by atoms with Crippen LogP contribution in [0.3, 0.4) is 0 Å². The lowest BCUT2D eigenvalue weighted by molar-refractivity contribution is 0.138. The van der Waals surface area contributed by atoms with Gasteiger partial charge in [0.1, 0.15) is 0 Å². The fraction of sp³-hybridized carbons (Fsp3) is 0.571. The predicted octanol–water partition coefficient (Wildman–Crippen LogP) is 1.74. The molecule has 2 heterocycles. The van der Waals surface area contributed by atoms with Crippen LogP contribution in [0.4, 0.5) is 5.69 Å². The fourth-order valence-electron chi connectivity index (χ4n) is 2.80. The second-order valence-electron chi connectivity index (χ2n) is 5.22. The smallest absolute Gasteiger partial charge is 0.0455 e. The zero-order chi connectivity index (χ0) is 12.5. The SMILES string of the molecule is Cc1c(Cl)cccc1N1CCN(C2CNC2)CC1. The van der Waals surface area contributed by atoms with Crippen LogP contribution in [0.5, 0.6) is 0 Å². The Morgan fingerprint density at radius 1 is 1.17 bits per heavy atom. The van der Waals surface area contributed by atoms with Crippen LogP contribution >= 0.6 is 11.6 Å². The summed E-state index contributed by atoms with van der Waals surface area (Å²) in [5.74, 6) is 0. The zero-order valence-electron chi connectivity index (χ0n) is 10.8. The van der Waals surface area contributed by atoms with E-state index in [1.165, 1.54) is 11.3 Å². The number of nitrogens with one attached hydrogen (secondary N) is 1. The molecular weight excluding hydrogens is 246 g/mol. The number of hydrogen-bond donors (Lipinski definition) is 1. The van der Waals surface area contributed by atoms with Crippen LogP contribution in [0.2, 0.25) is 5.02 Å². The van der Waals surface area contributed by atoms with Crippen LogP contribution in [-0.4, -0.2) is 50.2 Å². The van der Waals surface area contributed by atoms with E-state index in [4.69, 9.17) is 11.6 Å². The molecule has 2 saturated heterocycles. The minimum absolute atomic E-state index is 0.771. The Labute approximate surface area is 114 Å². The van der Waals surface area contributed by atoms with Gasteiger partial charge in [0.2, 0.25) is 0 Å². The van der Waals surface area contributed by atoms with Gasteiger partial charge in [0.05, 0.1) is 0 Å². The van der Waals surface area contributed by atoms with Gasteiger partial charge < -0.3 is 10.2 Å². The molecular formula is C14H20ClN3. The van der Waals surface area contributed by atoms with Gasteiger partial charge in [-0.25, -0.2) is 0 Å². The molecule has 0 aliphatic carbocycles. The maximum absolute atomic E-state index is 6.20. The van der Waals surface area contributed by atoms with Crippen molar-refractivity contribution in [2.24, 2.45) is 0 Å². The third-order valence-electron chi connectivity index (χ3n) is 4.17. The lowest BCUT2D eigenvalue weighted by Crippen LogP contribution is -2.61. The van der Waals surface area contributed by atoms with Crippen molar-refractivity contribution in [3.05, 3.63) is 28.8 Å². The second kappa shape index (κ2) is 5.08. The van der Waals surface area contributed by atoms with Gasteiger partial charge in [0.15, 0.2) is 0 Å². The maximum Gasteiger partial charge on any atom is 0.0455 e. The van der Waals surface area contributed by atoms with Crippen molar-refractivity contribution in [3.8, 4) is 0 Å². The molecule has 1 N–H and O–H groups in total. The lowest BCUT2D eigenvalue weighted by Gasteiger charge is -2.44. The molecule has 3 rings (SSSR count). The van der Waals surface area contributed by atoms with E-state index in [2.05, 4.69) is 28.1 Å². The first kappa shape index (κ1) is 12.3. The largest absolute Gasteiger partial charge is 0.369 e. The summed E-state index contributed by atoms with van der Waals surface area (Å²) in [4.78, 5) is 5.07. The quantitative estimate of drug-likeness (QED) is 0.879. The summed E-state index contributed by atoms with van der Waals surface area (Å²) in [5, 5.41) is 4.22. The summed E-state index contributed by atoms with van der Waals surface area (Å²) in [6.07, 6.45) is 0. The maximum atomic E-state index is 6.20. The Kier molecular flexibility index (Phi) is 3.46. The summed E-state index contributed by atoms with van der Waals surface area (Å²) >= 11 is 6.20. The van der Waals surface area contributed by atoms with Gasteiger partial charge in [-0.15, -0.1) is 0 Å². The van der Waals surface area contributed by atoms with E-state index in [9.17, 15) is 0 Å². The van der Waals surface area contributed by atoms with Crippen LogP contribution in [0, 0.1) is 6.92 Å². The van der Waals surface area contributed by atoms with Gasteiger partial charge in [-0.3, -0.25) is 4.90 Å². The lowest BCUT2D eigenvalue weighted by atomic mass is 10.1. The van der Waals surface area contributed by atoms with Crippen molar-refractivity contribution in [2.45, 2.75) is 13.0 Å². The molecule has 0 atom stereocenters. The van der Waals surface area contributed by atoms with Crippen LogP contribution < -0.4 is 10.2 Å². The number of anilines is 1. The first-order valence-corrected chi connectivity index (χ1v) is 7.08.